The molecule has 3 atom stereocenters. The Morgan fingerprint density at radius 1 is 1.21 bits per heavy atom. The van der Waals surface area contributed by atoms with Gasteiger partial charge in [0.1, 0.15) is 22.6 Å². The molecule has 2 N–H and O–H groups in total. The summed E-state index contributed by atoms with van der Waals surface area (Å²) in [5, 5.41) is 4.61. The van der Waals surface area contributed by atoms with Gasteiger partial charge in [0.2, 0.25) is 11.8 Å². The molecule has 2 unspecified atom stereocenters. The van der Waals surface area contributed by atoms with Crippen molar-refractivity contribution < 1.29 is 33.0 Å². The van der Waals surface area contributed by atoms with Crippen molar-refractivity contribution in [1.29, 1.82) is 0 Å². The van der Waals surface area contributed by atoms with Crippen LogP contribution < -0.4 is 15.4 Å². The Labute approximate surface area is 203 Å². The van der Waals surface area contributed by atoms with Gasteiger partial charge in [0.25, 0.3) is 0 Å². The number of ether oxygens (including phenoxy) is 2. The topological polar surface area (TPSA) is 111 Å². The minimum Gasteiger partial charge on any atom is -0.493 e. The second-order valence-electron chi connectivity index (χ2n) is 9.20. The molecule has 1 aromatic rings. The molecule has 0 saturated heterocycles. The maximum atomic E-state index is 13.1. The van der Waals surface area contributed by atoms with E-state index in [1.165, 1.54) is 45.0 Å². The lowest BCUT2D eigenvalue weighted by Gasteiger charge is -2.30. The monoisotopic (exact) mass is 496 g/mol. The number of hydrogen-bond acceptors (Lipinski definition) is 7. The Balaban J connectivity index is 2.09. The third kappa shape index (κ3) is 6.94. The average Bonchev–Trinajstić information content (AvgIpc) is 3.45. The van der Waals surface area contributed by atoms with Crippen molar-refractivity contribution in [2.75, 3.05) is 13.2 Å². The SMILES string of the molecule is CCOC(=O)[C@@]1(NC(=O)C(C)(C)NC(=O)C(SC(C)=O)C(C)C)CC1COc1ccc(F)cc1. The summed E-state index contributed by atoms with van der Waals surface area (Å²) in [4.78, 5) is 50.2. The fourth-order valence-electron chi connectivity index (χ4n) is 3.44. The van der Waals surface area contributed by atoms with Gasteiger partial charge in [-0.05, 0) is 57.4 Å². The molecule has 188 valence electrons. The van der Waals surface area contributed by atoms with E-state index in [1.807, 2.05) is 13.8 Å². The summed E-state index contributed by atoms with van der Waals surface area (Å²) < 4.78 is 24.0. The largest absolute Gasteiger partial charge is 0.493 e. The smallest absolute Gasteiger partial charge is 0.332 e. The number of carbonyl (C=O) groups is 4. The molecule has 1 aliphatic rings. The summed E-state index contributed by atoms with van der Waals surface area (Å²) in [6, 6.07) is 5.49. The lowest BCUT2D eigenvalue weighted by molar-refractivity contribution is -0.150. The predicted molar refractivity (Wildman–Crippen MR) is 127 cm³/mol. The molecule has 0 spiro atoms. The minimum atomic E-state index is -1.36. The van der Waals surface area contributed by atoms with Crippen molar-refractivity contribution in [3.05, 3.63) is 30.1 Å². The standard InChI is InChI=1S/C24H33FN2O6S/c1-7-32-22(31)24(12-16(24)13-33-18-10-8-17(25)9-11-18)27-21(30)23(5,6)26-20(29)19(14(2)3)34-15(4)28/h8-11,14,16,19H,7,12-13H2,1-6H3,(H,26,29)(H,27,30)/t16?,19?,24-/m1/s1. The van der Waals surface area contributed by atoms with E-state index in [2.05, 4.69) is 10.6 Å². The van der Waals surface area contributed by atoms with Crippen LogP contribution in [0, 0.1) is 17.7 Å². The lowest BCUT2D eigenvalue weighted by atomic mass is 10.0. The number of nitrogens with one attached hydrogen (secondary N) is 2. The van der Waals surface area contributed by atoms with Crippen LogP contribution in [0.4, 0.5) is 4.39 Å². The fraction of sp³-hybridized carbons (Fsp3) is 0.583. The van der Waals surface area contributed by atoms with Crippen LogP contribution in [0.2, 0.25) is 0 Å². The minimum absolute atomic E-state index is 0.113. The molecule has 10 heteroatoms. The summed E-state index contributed by atoms with van der Waals surface area (Å²) in [5.41, 5.74) is -2.63. The van der Waals surface area contributed by atoms with Crippen LogP contribution in [-0.4, -0.2) is 52.4 Å². The normalized spacial score (nSPS) is 20.3. The van der Waals surface area contributed by atoms with Gasteiger partial charge in [-0.1, -0.05) is 25.6 Å². The van der Waals surface area contributed by atoms with Gasteiger partial charge in [0.05, 0.1) is 18.5 Å². The van der Waals surface area contributed by atoms with E-state index in [1.54, 1.807) is 6.92 Å². The van der Waals surface area contributed by atoms with Gasteiger partial charge in [-0.3, -0.25) is 14.4 Å². The molecule has 0 heterocycles. The molecule has 0 aliphatic heterocycles. The van der Waals surface area contributed by atoms with E-state index in [0.29, 0.717) is 12.2 Å². The Morgan fingerprint density at radius 2 is 1.82 bits per heavy atom. The second-order valence-corrected chi connectivity index (χ2v) is 10.5. The number of hydrogen-bond donors (Lipinski definition) is 2. The van der Waals surface area contributed by atoms with Crippen LogP contribution in [0.1, 0.15) is 48.0 Å². The van der Waals surface area contributed by atoms with Crippen LogP contribution in [0.15, 0.2) is 24.3 Å². The summed E-state index contributed by atoms with van der Waals surface area (Å²) in [6.07, 6.45) is 0.303. The number of halogens is 1. The summed E-state index contributed by atoms with van der Waals surface area (Å²) in [7, 11) is 0. The van der Waals surface area contributed by atoms with Crippen molar-refractivity contribution in [2.24, 2.45) is 11.8 Å². The molecule has 8 nitrogen and oxygen atoms in total. The third-order valence-corrected chi connectivity index (χ3v) is 6.85. The number of carbonyl (C=O) groups excluding carboxylic acids is 4. The Bertz CT molecular complexity index is 921. The maximum absolute atomic E-state index is 13.1. The van der Waals surface area contributed by atoms with Crippen LogP contribution in [0.5, 0.6) is 5.75 Å². The van der Waals surface area contributed by atoms with Gasteiger partial charge in [-0.2, -0.15) is 0 Å². The Hall–Kier alpha value is -2.62. The van der Waals surface area contributed by atoms with Crippen molar-refractivity contribution in [3.8, 4) is 5.75 Å². The first-order valence-electron chi connectivity index (χ1n) is 11.2. The van der Waals surface area contributed by atoms with Gasteiger partial charge in [0, 0.05) is 12.8 Å². The summed E-state index contributed by atoms with van der Waals surface area (Å²) in [5.74, 6) is -2.02. The van der Waals surface area contributed by atoms with Crippen LogP contribution >= 0.6 is 11.8 Å². The first-order valence-corrected chi connectivity index (χ1v) is 12.1. The molecule has 0 radical (unpaired) electrons. The zero-order valence-electron chi connectivity index (χ0n) is 20.4. The van der Waals surface area contributed by atoms with E-state index in [4.69, 9.17) is 9.47 Å². The van der Waals surface area contributed by atoms with Crippen LogP contribution in [0.25, 0.3) is 0 Å². The number of benzene rings is 1. The maximum Gasteiger partial charge on any atom is 0.332 e. The molecule has 0 aromatic heterocycles. The van der Waals surface area contributed by atoms with Crippen molar-refractivity contribution in [3.63, 3.8) is 0 Å². The van der Waals surface area contributed by atoms with Crippen molar-refractivity contribution >= 4 is 34.7 Å². The highest BCUT2D eigenvalue weighted by atomic mass is 32.2. The average molecular weight is 497 g/mol. The van der Waals surface area contributed by atoms with E-state index < -0.39 is 39.9 Å². The zero-order valence-corrected chi connectivity index (χ0v) is 21.2. The molecule has 34 heavy (non-hydrogen) atoms. The third-order valence-electron chi connectivity index (χ3n) is 5.51. The highest BCUT2D eigenvalue weighted by Crippen LogP contribution is 2.45. The Morgan fingerprint density at radius 3 is 2.35 bits per heavy atom. The first-order chi connectivity index (χ1) is 15.8. The van der Waals surface area contributed by atoms with Crippen molar-refractivity contribution in [2.45, 2.75) is 64.3 Å². The molecule has 1 saturated carbocycles. The fourth-order valence-corrected chi connectivity index (χ4v) is 4.23. The highest BCUT2D eigenvalue weighted by molar-refractivity contribution is 8.14. The molecule has 1 aliphatic carbocycles. The summed E-state index contributed by atoms with van der Waals surface area (Å²) in [6.45, 7) is 10.0. The predicted octanol–water partition coefficient (Wildman–Crippen LogP) is 2.84. The quantitative estimate of drug-likeness (QED) is 0.453. The molecule has 1 fully saturated rings. The second kappa shape index (κ2) is 11.2. The molecule has 2 rings (SSSR count). The molecular weight excluding hydrogens is 463 g/mol. The van der Waals surface area contributed by atoms with E-state index >= 15 is 0 Å². The number of esters is 1. The van der Waals surface area contributed by atoms with E-state index in [-0.39, 0.29) is 30.2 Å². The number of amides is 2. The van der Waals surface area contributed by atoms with Crippen molar-refractivity contribution in [1.82, 2.24) is 10.6 Å². The van der Waals surface area contributed by atoms with Gasteiger partial charge in [0.15, 0.2) is 5.12 Å². The molecule has 1 aromatic carbocycles. The molecule has 2 amide bonds. The van der Waals surface area contributed by atoms with Crippen LogP contribution in [0.3, 0.4) is 0 Å². The van der Waals surface area contributed by atoms with E-state index in [0.717, 1.165) is 11.8 Å². The van der Waals surface area contributed by atoms with Gasteiger partial charge in [-0.25, -0.2) is 9.18 Å². The highest BCUT2D eigenvalue weighted by Gasteiger charge is 2.63. The number of thioether (sulfide) groups is 1. The lowest BCUT2D eigenvalue weighted by Crippen LogP contribution is -2.61. The zero-order chi connectivity index (χ0) is 25.7. The number of rotatable bonds is 11. The van der Waals surface area contributed by atoms with Crippen LogP contribution in [-0.2, 0) is 23.9 Å². The molecule has 0 bridgehead atoms. The first kappa shape index (κ1) is 27.6. The van der Waals surface area contributed by atoms with E-state index in [9.17, 15) is 23.6 Å². The summed E-state index contributed by atoms with van der Waals surface area (Å²) >= 11 is 0.914. The van der Waals surface area contributed by atoms with Gasteiger partial charge in [-0.15, -0.1) is 0 Å². The van der Waals surface area contributed by atoms with Gasteiger partial charge < -0.3 is 20.1 Å². The Kier molecular flexibility index (Phi) is 9.10. The van der Waals surface area contributed by atoms with Gasteiger partial charge >= 0.3 is 5.97 Å². The molecular formula is C24H33FN2O6S.